The highest BCUT2D eigenvalue weighted by Crippen LogP contribution is 2.29. The molecule has 0 unspecified atom stereocenters. The number of nitro groups is 2. The largest absolute Gasteiger partial charge is 0.476 e. The van der Waals surface area contributed by atoms with Crippen LogP contribution < -0.4 is 4.74 Å². The first kappa shape index (κ1) is 12.6. The molecule has 1 aromatic rings. The smallest absolute Gasteiger partial charge is 0.338 e. The molecule has 90 valence electrons. The van der Waals surface area contributed by atoms with Gasteiger partial charge in [-0.15, -0.1) is 0 Å². The second kappa shape index (κ2) is 5.01. The molecule has 0 aromatic carbocycles. The highest BCUT2D eigenvalue weighted by molar-refractivity contribution is 5.65. The fraction of sp³-hybridized carbons (Fsp3) is 0.222. The number of methoxy groups -OCH3 is 1. The molecule has 0 radical (unpaired) electrons. The summed E-state index contributed by atoms with van der Waals surface area (Å²) in [6.45, 7) is 1.25. The van der Waals surface area contributed by atoms with Gasteiger partial charge in [0, 0.05) is 19.2 Å². The summed E-state index contributed by atoms with van der Waals surface area (Å²) in [4.78, 5) is 23.6. The molecule has 0 amide bonds. The molecule has 0 aliphatic carbocycles. The molecular weight excluding hydrogens is 230 g/mol. The Morgan fingerprint density at radius 2 is 2.12 bits per heavy atom. The Balaban J connectivity index is 3.38. The summed E-state index contributed by atoms with van der Waals surface area (Å²) in [5.41, 5.74) is -0.520. The molecule has 17 heavy (non-hydrogen) atoms. The summed E-state index contributed by atoms with van der Waals surface area (Å²) < 4.78 is 4.74. The maximum absolute atomic E-state index is 10.8. The normalized spacial score (nSPS) is 11.1. The van der Waals surface area contributed by atoms with Crippen molar-refractivity contribution >= 4 is 11.8 Å². The van der Waals surface area contributed by atoms with Crippen LogP contribution in [0.15, 0.2) is 18.0 Å². The zero-order valence-electron chi connectivity index (χ0n) is 9.11. The van der Waals surface area contributed by atoms with Crippen LogP contribution in [0.5, 0.6) is 5.88 Å². The van der Waals surface area contributed by atoms with E-state index in [0.29, 0.717) is 0 Å². The van der Waals surface area contributed by atoms with Gasteiger partial charge in [0.15, 0.2) is 0 Å². The molecule has 0 atom stereocenters. The minimum Gasteiger partial charge on any atom is -0.476 e. The van der Waals surface area contributed by atoms with Crippen molar-refractivity contribution in [1.29, 1.82) is 0 Å². The minimum atomic E-state index is -0.690. The van der Waals surface area contributed by atoms with Gasteiger partial charge in [-0.1, -0.05) is 0 Å². The Kier molecular flexibility index (Phi) is 3.70. The molecule has 0 aliphatic rings. The van der Waals surface area contributed by atoms with Gasteiger partial charge in [-0.2, -0.15) is 0 Å². The first-order valence-corrected chi connectivity index (χ1v) is 4.47. The molecule has 0 spiro atoms. The summed E-state index contributed by atoms with van der Waals surface area (Å²) in [6.07, 6.45) is 2.38. The number of aromatic nitrogens is 1. The third-order valence-electron chi connectivity index (χ3n) is 1.95. The third kappa shape index (κ3) is 2.74. The number of nitrogens with zero attached hydrogens (tertiary/aromatic N) is 3. The summed E-state index contributed by atoms with van der Waals surface area (Å²) in [6, 6.07) is 1.31. The van der Waals surface area contributed by atoms with Gasteiger partial charge < -0.3 is 4.74 Å². The second-order valence-electron chi connectivity index (χ2n) is 3.06. The molecule has 0 N–H and O–H groups in total. The maximum atomic E-state index is 10.8. The Hall–Kier alpha value is -2.51. The van der Waals surface area contributed by atoms with E-state index in [2.05, 4.69) is 4.98 Å². The van der Waals surface area contributed by atoms with Crippen LogP contribution in [-0.4, -0.2) is 21.9 Å². The van der Waals surface area contributed by atoms with Gasteiger partial charge in [0.1, 0.15) is 0 Å². The van der Waals surface area contributed by atoms with Crippen molar-refractivity contribution < 1.29 is 14.6 Å². The Morgan fingerprint density at radius 3 is 2.59 bits per heavy atom. The third-order valence-corrected chi connectivity index (χ3v) is 1.95. The van der Waals surface area contributed by atoms with E-state index in [9.17, 15) is 20.2 Å². The van der Waals surface area contributed by atoms with Crippen LogP contribution in [0.2, 0.25) is 0 Å². The van der Waals surface area contributed by atoms with E-state index < -0.39 is 15.5 Å². The first-order valence-electron chi connectivity index (χ1n) is 4.47. The van der Waals surface area contributed by atoms with Crippen LogP contribution in [0.3, 0.4) is 0 Å². The van der Waals surface area contributed by atoms with Crippen LogP contribution in [0.25, 0.3) is 6.08 Å². The van der Waals surface area contributed by atoms with Crippen LogP contribution >= 0.6 is 0 Å². The lowest BCUT2D eigenvalue weighted by molar-refractivity contribution is -0.422. The number of ether oxygens (including phenoxy) is 1. The molecule has 0 saturated heterocycles. The van der Waals surface area contributed by atoms with Crippen LogP contribution in [0.1, 0.15) is 12.5 Å². The van der Waals surface area contributed by atoms with Crippen molar-refractivity contribution in [2.24, 2.45) is 0 Å². The highest BCUT2D eigenvalue weighted by atomic mass is 16.6. The zero-order valence-corrected chi connectivity index (χ0v) is 9.11. The van der Waals surface area contributed by atoms with Gasteiger partial charge in [0.2, 0.25) is 5.70 Å². The van der Waals surface area contributed by atoms with E-state index in [0.717, 1.165) is 6.08 Å². The zero-order chi connectivity index (χ0) is 13.0. The van der Waals surface area contributed by atoms with Crippen LogP contribution in [-0.2, 0) is 0 Å². The Morgan fingerprint density at radius 1 is 1.47 bits per heavy atom. The van der Waals surface area contributed by atoms with Gasteiger partial charge in [-0.05, 0) is 6.07 Å². The number of hydrogen-bond donors (Lipinski definition) is 0. The van der Waals surface area contributed by atoms with Gasteiger partial charge in [0.05, 0.1) is 22.5 Å². The predicted molar refractivity (Wildman–Crippen MR) is 58.1 cm³/mol. The van der Waals surface area contributed by atoms with E-state index in [1.165, 1.54) is 26.3 Å². The molecule has 1 heterocycles. The maximum Gasteiger partial charge on any atom is 0.338 e. The Bertz CT molecular complexity index is 497. The van der Waals surface area contributed by atoms with Gasteiger partial charge >= 0.3 is 5.69 Å². The molecule has 1 rings (SSSR count). The number of rotatable bonds is 4. The van der Waals surface area contributed by atoms with E-state index in [1.807, 2.05) is 0 Å². The highest BCUT2D eigenvalue weighted by Gasteiger charge is 2.22. The van der Waals surface area contributed by atoms with Crippen molar-refractivity contribution in [2.75, 3.05) is 7.11 Å². The lowest BCUT2D eigenvalue weighted by atomic mass is 10.2. The molecule has 0 bridgehead atoms. The summed E-state index contributed by atoms with van der Waals surface area (Å²) >= 11 is 0. The molecule has 1 aromatic heterocycles. The lowest BCUT2D eigenvalue weighted by Gasteiger charge is -2.02. The molecule has 0 saturated carbocycles. The summed E-state index contributed by atoms with van der Waals surface area (Å²) in [5.74, 6) is -0.181. The first-order chi connectivity index (χ1) is 7.97. The number of pyridine rings is 1. The fourth-order valence-corrected chi connectivity index (χ4v) is 1.18. The van der Waals surface area contributed by atoms with Crippen molar-refractivity contribution in [3.05, 3.63) is 43.8 Å². The molecular formula is C9H9N3O5. The average Bonchev–Trinajstić information content (AvgIpc) is 2.27. The Labute approximate surface area is 95.8 Å². The van der Waals surface area contributed by atoms with Crippen LogP contribution in [0, 0.1) is 20.2 Å². The fourth-order valence-electron chi connectivity index (χ4n) is 1.18. The average molecular weight is 239 g/mol. The molecule has 0 aliphatic heterocycles. The van der Waals surface area contributed by atoms with E-state index in [4.69, 9.17) is 4.74 Å². The SMILES string of the molecule is COc1nccc(/C=C(\C)[N+](=O)[O-])c1[N+](=O)[O-]. The van der Waals surface area contributed by atoms with Crippen molar-refractivity contribution in [3.8, 4) is 5.88 Å². The number of hydrogen-bond acceptors (Lipinski definition) is 6. The van der Waals surface area contributed by atoms with Gasteiger partial charge in [0.25, 0.3) is 5.88 Å². The van der Waals surface area contributed by atoms with Crippen molar-refractivity contribution in [2.45, 2.75) is 6.92 Å². The predicted octanol–water partition coefficient (Wildman–Crippen LogP) is 1.64. The monoisotopic (exact) mass is 239 g/mol. The summed E-state index contributed by atoms with van der Waals surface area (Å²) in [5, 5.41) is 21.3. The quantitative estimate of drug-likeness (QED) is 0.583. The lowest BCUT2D eigenvalue weighted by Crippen LogP contribution is -2.00. The summed E-state index contributed by atoms with van der Waals surface area (Å²) in [7, 11) is 1.24. The van der Waals surface area contributed by atoms with Crippen molar-refractivity contribution in [3.63, 3.8) is 0 Å². The van der Waals surface area contributed by atoms with Crippen LogP contribution in [0.4, 0.5) is 5.69 Å². The number of allylic oxidation sites excluding steroid dienone is 1. The minimum absolute atomic E-state index is 0.0797. The standard InChI is InChI=1S/C9H9N3O5/c1-6(11(13)14)5-7-3-4-10-9(17-2)8(7)12(15)16/h3-5H,1-2H3/b6-5+. The molecule has 0 fully saturated rings. The van der Waals surface area contributed by atoms with Gasteiger partial charge in [-0.3, -0.25) is 20.2 Å². The molecule has 8 nitrogen and oxygen atoms in total. The second-order valence-corrected chi connectivity index (χ2v) is 3.06. The van der Waals surface area contributed by atoms with Crippen molar-refractivity contribution in [1.82, 2.24) is 4.98 Å². The van der Waals surface area contributed by atoms with E-state index >= 15 is 0 Å². The van der Waals surface area contributed by atoms with E-state index in [1.54, 1.807) is 0 Å². The van der Waals surface area contributed by atoms with Gasteiger partial charge in [-0.25, -0.2) is 4.98 Å². The molecule has 8 heteroatoms. The van der Waals surface area contributed by atoms with E-state index in [-0.39, 0.29) is 17.1 Å². The topological polar surface area (TPSA) is 108 Å².